The zero-order valence-electron chi connectivity index (χ0n) is 68.6. The van der Waals surface area contributed by atoms with Crippen LogP contribution in [0.3, 0.4) is 0 Å². The molecule has 3 heterocycles. The van der Waals surface area contributed by atoms with Gasteiger partial charge in [0.15, 0.2) is 0 Å². The van der Waals surface area contributed by atoms with Gasteiger partial charge in [-0.3, -0.25) is 33.6 Å². The van der Waals surface area contributed by atoms with Crippen LogP contribution in [0.15, 0.2) is 255 Å². The fourth-order valence-corrected chi connectivity index (χ4v) is 15.3. The number of aliphatic hydroxyl groups is 4. The van der Waals surface area contributed by atoms with Crippen LogP contribution in [0.4, 0.5) is 30.2 Å². The fraction of sp³-hybridized carbons (Fsp3) is 0.263. The van der Waals surface area contributed by atoms with Crippen LogP contribution in [0.25, 0.3) is 67.2 Å². The molecular weight excluding hydrogens is 1520 g/mol. The Balaban J connectivity index is 0.000000189. The predicted octanol–water partition coefficient (Wildman–Crippen LogP) is 20.4. The number of Topliss-reactive ketones (excluding diaryl/α,β-unsaturated/α-hetero) is 3. The first-order valence-corrected chi connectivity index (χ1v) is 40.3. The van der Waals surface area contributed by atoms with Crippen molar-refractivity contribution in [1.29, 1.82) is 0 Å². The number of carbonyl (C=O) groups excluding carboxylic acids is 6. The number of carboxylic acids is 1. The molecule has 21 heteroatoms. The van der Waals surface area contributed by atoms with Gasteiger partial charge in [-0.1, -0.05) is 187 Å². The van der Waals surface area contributed by atoms with Crippen LogP contribution in [0, 0.1) is 17.5 Å². The molecule has 1 unspecified atom stereocenters. The number of anilines is 3. The molecule has 12 aromatic rings. The summed E-state index contributed by atoms with van der Waals surface area (Å²) in [6.07, 6.45) is -3.81. The first-order valence-electron chi connectivity index (χ1n) is 40.3. The number of para-hydroxylation sites is 3. The van der Waals surface area contributed by atoms with Crippen LogP contribution < -0.4 is 16.0 Å². The molecule has 3 aromatic heterocycles. The van der Waals surface area contributed by atoms with Crippen molar-refractivity contribution in [2.24, 2.45) is 0 Å². The molecule has 0 bridgehead atoms. The van der Waals surface area contributed by atoms with E-state index in [9.17, 15) is 67.2 Å². The van der Waals surface area contributed by atoms with Crippen LogP contribution in [0.1, 0.15) is 173 Å². The summed E-state index contributed by atoms with van der Waals surface area (Å²) in [4.78, 5) is 88.2. The number of aliphatic carboxylic acids is 1. The monoisotopic (exact) mass is 1620 g/mol. The highest BCUT2D eigenvalue weighted by atomic mass is 19.1. The van der Waals surface area contributed by atoms with E-state index in [0.717, 1.165) is 56.3 Å². The van der Waals surface area contributed by atoms with Crippen LogP contribution in [-0.2, 0) is 38.8 Å². The van der Waals surface area contributed by atoms with Gasteiger partial charge in [0.2, 0.25) is 0 Å². The number of nitrogens with zero attached hydrogens (tertiary/aromatic N) is 3. The average Bonchev–Trinajstić information content (AvgIpc) is 1.60. The third-order valence-corrected chi connectivity index (χ3v) is 20.3. The number of hydrogen-bond donors (Lipinski definition) is 8. The topological polar surface area (TPSA) is 272 Å². The normalized spacial score (nSPS) is 12.2. The number of nitrogens with one attached hydrogen (secondary N) is 3. The van der Waals surface area contributed by atoms with Gasteiger partial charge < -0.3 is 55.2 Å². The molecule has 9 aromatic carbocycles. The largest absolute Gasteiger partial charge is 0.481 e. The molecule has 0 saturated carbocycles. The first kappa shape index (κ1) is 89.7. The van der Waals surface area contributed by atoms with E-state index in [4.69, 9.17) is 5.11 Å². The third-order valence-electron chi connectivity index (χ3n) is 20.3. The minimum atomic E-state index is -1.08. The third kappa shape index (κ3) is 23.6. The van der Waals surface area contributed by atoms with Gasteiger partial charge in [-0.2, -0.15) is 0 Å². The number of halogens is 3. The Kier molecular flexibility index (Phi) is 31.9. The predicted molar refractivity (Wildman–Crippen MR) is 466 cm³/mol. The van der Waals surface area contributed by atoms with E-state index < -0.39 is 30.4 Å². The molecule has 0 aliphatic heterocycles. The highest BCUT2D eigenvalue weighted by Gasteiger charge is 2.35. The van der Waals surface area contributed by atoms with Crippen molar-refractivity contribution in [2.75, 3.05) is 16.0 Å². The molecule has 12 rings (SSSR count). The summed E-state index contributed by atoms with van der Waals surface area (Å²) in [5.74, 6) is -4.00. The summed E-state index contributed by atoms with van der Waals surface area (Å²) in [5, 5.41) is 60.4. The van der Waals surface area contributed by atoms with Crippen molar-refractivity contribution in [1.82, 2.24) is 13.7 Å². The lowest BCUT2D eigenvalue weighted by Gasteiger charge is -2.20. The van der Waals surface area contributed by atoms with Crippen molar-refractivity contribution >= 4 is 58.1 Å². The summed E-state index contributed by atoms with van der Waals surface area (Å²) < 4.78 is 48.0. The molecule has 0 spiro atoms. The van der Waals surface area contributed by atoms with Crippen LogP contribution in [0.2, 0.25) is 0 Å². The Morgan fingerprint density at radius 3 is 0.850 bits per heavy atom. The Morgan fingerprint density at radius 1 is 0.325 bits per heavy atom. The summed E-state index contributed by atoms with van der Waals surface area (Å²) >= 11 is 0. The lowest BCUT2D eigenvalue weighted by molar-refractivity contribution is -0.139. The maximum absolute atomic E-state index is 14.1. The summed E-state index contributed by atoms with van der Waals surface area (Å²) in [6, 6.07) is 74.8. The average molecular weight is 1630 g/mol. The summed E-state index contributed by atoms with van der Waals surface area (Å²) in [6.45, 7) is 15.7. The van der Waals surface area contributed by atoms with Gasteiger partial charge in [0.1, 0.15) is 34.8 Å². The SMILES string of the molecule is CC(=O)CC(=O)C[C@H](O)CCn1c(-c2ccc(F)cc2)c(-c2ccccc2)c(C(=O)Nc2ccccc2)c1C(C)C.CC(=O)C[C@H](O)C[C@H](O)CCn1c(-c2ccc(F)cc2)c(-c2ccccc2)c(C(=O)Nc2ccccc2)c1C(C)C.CC(C)c1c(C(=O)Nc2ccccc2)c(-c2ccccc2)c(-c2ccc(F)cc2)n1CCC(O)CC(=O)O. The maximum atomic E-state index is 14.1. The van der Waals surface area contributed by atoms with Crippen molar-refractivity contribution in [2.45, 2.75) is 169 Å². The number of aliphatic hydroxyl groups excluding tert-OH is 4. The van der Waals surface area contributed by atoms with E-state index in [1.165, 1.54) is 50.2 Å². The van der Waals surface area contributed by atoms with Gasteiger partial charge in [-0.15, -0.1) is 0 Å². The van der Waals surface area contributed by atoms with E-state index in [0.29, 0.717) is 74.8 Å². The van der Waals surface area contributed by atoms with Crippen molar-refractivity contribution in [3.63, 3.8) is 0 Å². The quantitative estimate of drug-likeness (QED) is 0.0175. The van der Waals surface area contributed by atoms with Gasteiger partial charge in [0, 0.05) is 83.3 Å². The standard InChI is InChI=1S/C34H37FN2O4.C34H35FN2O4.C31H31FN2O4/c2*1-22(2)32-31(34(41)36-27-12-8-5-9-13-27)30(24-10-6-4-7-11-24)33(25-14-16-26(35)17-15-25)37(32)19-18-28(39)21-29(40)20-23(3)38;1-20(2)29-28(31(38)33-24-11-7-4-8-12-24)27(21-9-5-3-6-10-21)30(22-13-15-23(32)16-14-22)34(29)18-17-25(35)19-26(36)37/h4-17,22,28-29,39-40H,18-21H2,1-3H3,(H,36,41);4-17,22,28,39H,18-21H2,1-3H3,(H,36,41);3-16,20,25,35H,17-19H2,1-2H3,(H,33,38)(H,36,37)/t28-,29+;28-;/m11./s1. The number of benzene rings is 9. The molecule has 0 aliphatic carbocycles. The van der Waals surface area contributed by atoms with E-state index in [1.54, 1.807) is 36.4 Å². The number of rotatable bonds is 34. The van der Waals surface area contributed by atoms with Gasteiger partial charge in [0.05, 0.1) is 71.0 Å². The number of carboxylic acid groups (broad SMARTS) is 1. The first-order chi connectivity index (χ1) is 57.6. The molecule has 4 atom stereocenters. The fourth-order valence-electron chi connectivity index (χ4n) is 15.3. The van der Waals surface area contributed by atoms with E-state index >= 15 is 0 Å². The van der Waals surface area contributed by atoms with Crippen molar-refractivity contribution < 1.29 is 72.3 Å². The number of hydrogen-bond acceptors (Lipinski definition) is 11. The lowest BCUT2D eigenvalue weighted by atomic mass is 9.94. The second kappa shape index (κ2) is 42.6. The molecule has 622 valence electrons. The molecule has 120 heavy (non-hydrogen) atoms. The highest BCUT2D eigenvalue weighted by Crippen LogP contribution is 2.47. The van der Waals surface area contributed by atoms with Gasteiger partial charge in [-0.05, 0) is 200 Å². The Labute approximate surface area is 698 Å². The number of ketones is 3. The second-order valence-electron chi connectivity index (χ2n) is 30.8. The molecule has 0 fully saturated rings. The smallest absolute Gasteiger partial charge is 0.305 e. The molecule has 0 saturated heterocycles. The van der Waals surface area contributed by atoms with Gasteiger partial charge >= 0.3 is 5.97 Å². The van der Waals surface area contributed by atoms with Gasteiger partial charge in [0.25, 0.3) is 17.7 Å². The molecule has 3 amide bonds. The van der Waals surface area contributed by atoms with Crippen molar-refractivity contribution in [3.8, 4) is 67.2 Å². The molecule has 0 aliphatic rings. The summed E-state index contributed by atoms with van der Waals surface area (Å²) in [7, 11) is 0. The molecule has 0 radical (unpaired) electrons. The minimum Gasteiger partial charge on any atom is -0.481 e. The molecule has 18 nitrogen and oxygen atoms in total. The Bertz CT molecular complexity index is 5450. The van der Waals surface area contributed by atoms with Gasteiger partial charge in [-0.25, -0.2) is 13.2 Å². The van der Waals surface area contributed by atoms with Crippen LogP contribution in [0.5, 0.6) is 0 Å². The zero-order valence-corrected chi connectivity index (χ0v) is 68.6. The Morgan fingerprint density at radius 2 is 0.592 bits per heavy atom. The van der Waals surface area contributed by atoms with Crippen molar-refractivity contribution in [3.05, 3.63) is 306 Å². The molecule has 8 N–H and O–H groups in total. The van der Waals surface area contributed by atoms with E-state index in [1.807, 2.05) is 237 Å². The summed E-state index contributed by atoms with van der Waals surface area (Å²) in [5.41, 5.74) is 14.7. The number of aromatic nitrogens is 3. The maximum Gasteiger partial charge on any atom is 0.305 e. The lowest BCUT2D eigenvalue weighted by Crippen LogP contribution is -2.22. The van der Waals surface area contributed by atoms with E-state index in [2.05, 4.69) is 16.0 Å². The van der Waals surface area contributed by atoms with Crippen LogP contribution >= 0.6 is 0 Å². The van der Waals surface area contributed by atoms with E-state index in [-0.39, 0.29) is 128 Å². The molecular formula is C99H103F3N6O12. The Hall–Kier alpha value is -12.7. The number of amides is 3. The minimum absolute atomic E-state index is 0.0133. The zero-order chi connectivity index (χ0) is 86.3. The number of carbonyl (C=O) groups is 7. The second-order valence-corrected chi connectivity index (χ2v) is 30.8. The van der Waals surface area contributed by atoms with Crippen LogP contribution in [-0.4, -0.2) is 105 Å². The highest BCUT2D eigenvalue weighted by molar-refractivity contribution is 6.15.